The van der Waals surface area contributed by atoms with E-state index in [1.165, 1.54) is 18.2 Å². The second-order valence-corrected chi connectivity index (χ2v) is 6.37. The fourth-order valence-electron chi connectivity index (χ4n) is 2.93. The summed E-state index contributed by atoms with van der Waals surface area (Å²) in [5, 5.41) is 2.75. The van der Waals surface area contributed by atoms with Crippen LogP contribution in [0.5, 0.6) is 0 Å². The Labute approximate surface area is 159 Å². The molecular weight excluding hydrogens is 367 g/mol. The lowest BCUT2D eigenvalue weighted by atomic mass is 10.1. The number of halogens is 2. The maximum absolute atomic E-state index is 14.0. The largest absolute Gasteiger partial charge is 0.322 e. The Morgan fingerprint density at radius 1 is 1.19 bits per heavy atom. The predicted octanol–water partition coefficient (Wildman–Crippen LogP) is 4.75. The van der Waals surface area contributed by atoms with Crippen molar-refractivity contribution in [2.24, 2.45) is 0 Å². The normalized spacial score (nSPS) is 10.9. The average Bonchev–Trinajstić information content (AvgIpc) is 2.99. The summed E-state index contributed by atoms with van der Waals surface area (Å²) in [4.78, 5) is 21.2. The topological polar surface area (TPSA) is 59.3 Å². The Bertz CT molecular complexity index is 1150. The minimum absolute atomic E-state index is 0.0610. The first-order valence-electron chi connectivity index (χ1n) is 8.20. The van der Waals surface area contributed by atoms with Gasteiger partial charge in [0.15, 0.2) is 0 Å². The van der Waals surface area contributed by atoms with Gasteiger partial charge in [-0.25, -0.2) is 14.4 Å². The van der Waals surface area contributed by atoms with Crippen molar-refractivity contribution in [1.29, 1.82) is 0 Å². The second kappa shape index (κ2) is 6.81. The molecule has 0 aliphatic carbocycles. The van der Waals surface area contributed by atoms with E-state index in [9.17, 15) is 9.18 Å². The van der Waals surface area contributed by atoms with Crippen molar-refractivity contribution in [2.75, 3.05) is 5.32 Å². The number of nitrogens with zero attached hydrogens (tertiary/aromatic N) is 3. The van der Waals surface area contributed by atoms with Crippen LogP contribution in [0.1, 0.15) is 16.1 Å². The zero-order valence-corrected chi connectivity index (χ0v) is 15.0. The van der Waals surface area contributed by atoms with E-state index in [4.69, 9.17) is 11.6 Å². The molecule has 0 spiro atoms. The number of imidazole rings is 1. The fraction of sp³-hybridized carbons (Fsp3) is 0.0500. The maximum Gasteiger partial charge on any atom is 0.260 e. The van der Waals surface area contributed by atoms with Crippen molar-refractivity contribution in [3.63, 3.8) is 0 Å². The molecule has 0 fully saturated rings. The molecule has 2 aromatic heterocycles. The van der Waals surface area contributed by atoms with Crippen molar-refractivity contribution in [3.8, 4) is 11.3 Å². The van der Waals surface area contributed by atoms with E-state index in [1.54, 1.807) is 24.4 Å². The summed E-state index contributed by atoms with van der Waals surface area (Å²) < 4.78 is 15.8. The highest BCUT2D eigenvalue weighted by atomic mass is 35.5. The van der Waals surface area contributed by atoms with E-state index >= 15 is 0 Å². The first-order valence-corrected chi connectivity index (χ1v) is 8.58. The summed E-state index contributed by atoms with van der Waals surface area (Å²) >= 11 is 5.96. The number of anilines is 1. The molecule has 5 nitrogen and oxygen atoms in total. The quantitative estimate of drug-likeness (QED) is 0.558. The zero-order valence-electron chi connectivity index (χ0n) is 14.3. The molecule has 2 heterocycles. The van der Waals surface area contributed by atoms with Crippen LogP contribution in [0.3, 0.4) is 0 Å². The van der Waals surface area contributed by atoms with Crippen LogP contribution < -0.4 is 5.32 Å². The second-order valence-electron chi connectivity index (χ2n) is 5.97. The van der Waals surface area contributed by atoms with Crippen molar-refractivity contribution in [2.45, 2.75) is 6.92 Å². The summed E-state index contributed by atoms with van der Waals surface area (Å²) in [6, 6.07) is 13.1. The lowest BCUT2D eigenvalue weighted by Crippen LogP contribution is -2.14. The van der Waals surface area contributed by atoms with Gasteiger partial charge in [0.2, 0.25) is 5.78 Å². The molecule has 0 aliphatic heterocycles. The van der Waals surface area contributed by atoms with Gasteiger partial charge in [-0.3, -0.25) is 9.20 Å². The van der Waals surface area contributed by atoms with Crippen molar-refractivity contribution in [3.05, 3.63) is 83.0 Å². The van der Waals surface area contributed by atoms with E-state index in [0.717, 1.165) is 17.0 Å². The molecular formula is C20H14ClFN4O. The number of fused-ring (bicyclic) bond motifs is 1. The highest BCUT2D eigenvalue weighted by Gasteiger charge is 2.17. The minimum atomic E-state index is -0.668. The highest BCUT2D eigenvalue weighted by molar-refractivity contribution is 6.34. The zero-order chi connectivity index (χ0) is 19.0. The van der Waals surface area contributed by atoms with Gasteiger partial charge in [-0.05, 0) is 37.3 Å². The summed E-state index contributed by atoms with van der Waals surface area (Å²) in [5.41, 5.74) is 2.83. The van der Waals surface area contributed by atoms with Crippen molar-refractivity contribution < 1.29 is 9.18 Å². The molecule has 0 saturated heterocycles. The van der Waals surface area contributed by atoms with Crippen LogP contribution in [0.15, 0.2) is 60.9 Å². The van der Waals surface area contributed by atoms with Crippen LogP contribution in [-0.4, -0.2) is 20.3 Å². The van der Waals surface area contributed by atoms with Crippen LogP contribution in [0.25, 0.3) is 17.0 Å². The first-order chi connectivity index (χ1) is 13.0. The molecule has 1 N–H and O–H groups in total. The summed E-state index contributed by atoms with van der Waals surface area (Å²) in [6.07, 6.45) is 3.57. The molecule has 0 bridgehead atoms. The van der Waals surface area contributed by atoms with Crippen molar-refractivity contribution in [1.82, 2.24) is 14.4 Å². The molecule has 1 amide bonds. The number of carbonyl (C=O) groups is 1. The molecule has 0 atom stereocenters. The van der Waals surface area contributed by atoms with E-state index in [2.05, 4.69) is 15.3 Å². The third-order valence-electron chi connectivity index (χ3n) is 4.23. The van der Waals surface area contributed by atoms with E-state index < -0.39 is 11.7 Å². The molecule has 0 radical (unpaired) electrons. The maximum atomic E-state index is 14.0. The number of hydrogen-bond acceptors (Lipinski definition) is 3. The van der Waals surface area contributed by atoms with Gasteiger partial charge < -0.3 is 5.32 Å². The summed E-state index contributed by atoms with van der Waals surface area (Å²) in [7, 11) is 0. The Kier molecular flexibility index (Phi) is 4.33. The summed E-state index contributed by atoms with van der Waals surface area (Å²) in [6.45, 7) is 1.95. The number of aryl methyl sites for hydroxylation is 1. The molecule has 4 rings (SSSR count). The van der Waals surface area contributed by atoms with E-state index in [1.807, 2.05) is 29.7 Å². The first kappa shape index (κ1) is 17.2. The Morgan fingerprint density at radius 2 is 2.00 bits per heavy atom. The van der Waals surface area contributed by atoms with Crippen LogP contribution in [0.2, 0.25) is 5.02 Å². The smallest absolute Gasteiger partial charge is 0.260 e. The van der Waals surface area contributed by atoms with Gasteiger partial charge in [-0.2, -0.15) is 0 Å². The van der Waals surface area contributed by atoms with Crippen LogP contribution in [-0.2, 0) is 0 Å². The number of carbonyl (C=O) groups excluding carboxylic acids is 1. The van der Waals surface area contributed by atoms with E-state index in [-0.39, 0.29) is 10.6 Å². The lowest BCUT2D eigenvalue weighted by molar-refractivity contribution is 0.102. The Hall–Kier alpha value is -3.25. The van der Waals surface area contributed by atoms with Crippen LogP contribution in [0.4, 0.5) is 10.1 Å². The molecule has 0 unspecified atom stereocenters. The number of hydrogen-bond donors (Lipinski definition) is 1. The Morgan fingerprint density at radius 3 is 2.78 bits per heavy atom. The van der Waals surface area contributed by atoms with Crippen molar-refractivity contribution >= 4 is 29.0 Å². The molecule has 2 aromatic carbocycles. The van der Waals surface area contributed by atoms with Crippen LogP contribution in [0, 0.1) is 12.7 Å². The molecule has 0 aliphatic rings. The molecule has 0 saturated carbocycles. The van der Waals surface area contributed by atoms with Gasteiger partial charge >= 0.3 is 0 Å². The lowest BCUT2D eigenvalue weighted by Gasteiger charge is -2.09. The number of nitrogens with one attached hydrogen (secondary N) is 1. The number of amides is 1. The van der Waals surface area contributed by atoms with Crippen LogP contribution >= 0.6 is 11.6 Å². The van der Waals surface area contributed by atoms with Gasteiger partial charge in [0.25, 0.3) is 5.91 Å². The Balaban J connectivity index is 1.68. The standard InChI is InChI=1S/C20H14ClFN4O/c1-12-18(25-20-23-9-4-10-26(12)20)13-5-2-6-14(11-13)24-19(27)17-15(21)7-3-8-16(17)22/h2-11H,1H3,(H,24,27). The van der Waals surface area contributed by atoms with Gasteiger partial charge in [0, 0.05) is 29.3 Å². The van der Waals surface area contributed by atoms with Gasteiger partial charge in [0.1, 0.15) is 5.82 Å². The number of rotatable bonds is 3. The van der Waals surface area contributed by atoms with Gasteiger partial charge in [0.05, 0.1) is 16.3 Å². The van der Waals surface area contributed by atoms with E-state index in [0.29, 0.717) is 11.5 Å². The van der Waals surface area contributed by atoms with Gasteiger partial charge in [-0.1, -0.05) is 29.8 Å². The average molecular weight is 381 g/mol. The van der Waals surface area contributed by atoms with Gasteiger partial charge in [-0.15, -0.1) is 0 Å². The summed E-state index contributed by atoms with van der Waals surface area (Å²) in [5.74, 6) is -0.681. The molecule has 4 aromatic rings. The number of aromatic nitrogens is 3. The SMILES string of the molecule is Cc1c(-c2cccc(NC(=O)c3c(F)cccc3Cl)c2)nc2ncccn12. The molecule has 134 valence electrons. The molecule has 27 heavy (non-hydrogen) atoms. The predicted molar refractivity (Wildman–Crippen MR) is 103 cm³/mol. The minimum Gasteiger partial charge on any atom is -0.322 e. The third kappa shape index (κ3) is 3.15. The number of benzene rings is 2. The highest BCUT2D eigenvalue weighted by Crippen LogP contribution is 2.26. The fourth-order valence-corrected chi connectivity index (χ4v) is 3.18. The third-order valence-corrected chi connectivity index (χ3v) is 4.54. The monoisotopic (exact) mass is 380 g/mol. The molecule has 7 heteroatoms.